The van der Waals surface area contributed by atoms with Crippen LogP contribution >= 0.6 is 0 Å². The standard InChI is InChI=1S/C22H28FN3O4/c1-13(2)30-15-5-6-16(17(23)10-15)20(28)25-9-7-22(11-14(22)12-25)21(29)26-8-3-4-18(26)19(24)27/h5-6,10,13-14,18H,3-4,7-9,11-12H2,1-2H3,(H2,24,27)/t14?,18-,22?/m0/s1. The number of benzene rings is 1. The van der Waals surface area contributed by atoms with Crippen molar-refractivity contribution < 1.29 is 23.5 Å². The number of piperidine rings is 1. The van der Waals surface area contributed by atoms with Gasteiger partial charge in [0, 0.05) is 25.7 Å². The van der Waals surface area contributed by atoms with Crippen LogP contribution in [-0.4, -0.2) is 59.3 Å². The van der Waals surface area contributed by atoms with Crippen LogP contribution in [0.1, 0.15) is 49.9 Å². The van der Waals surface area contributed by atoms with Crippen molar-refractivity contribution in [3.63, 3.8) is 0 Å². The van der Waals surface area contributed by atoms with Gasteiger partial charge in [0.15, 0.2) is 0 Å². The van der Waals surface area contributed by atoms with E-state index in [0.29, 0.717) is 44.6 Å². The second kappa shape index (κ2) is 7.56. The van der Waals surface area contributed by atoms with Gasteiger partial charge in [0.25, 0.3) is 5.91 Å². The molecule has 2 saturated heterocycles. The first-order valence-electron chi connectivity index (χ1n) is 10.6. The molecule has 8 heteroatoms. The van der Waals surface area contributed by atoms with E-state index < -0.39 is 23.2 Å². The van der Waals surface area contributed by atoms with E-state index in [0.717, 1.165) is 6.42 Å². The molecule has 162 valence electrons. The number of hydrogen-bond acceptors (Lipinski definition) is 4. The fourth-order valence-electron chi connectivity index (χ4n) is 4.95. The monoisotopic (exact) mass is 417 g/mol. The molecule has 3 amide bonds. The summed E-state index contributed by atoms with van der Waals surface area (Å²) in [5.74, 6) is -1.01. The van der Waals surface area contributed by atoms with Gasteiger partial charge >= 0.3 is 0 Å². The molecule has 1 aliphatic carbocycles. The number of primary amides is 1. The summed E-state index contributed by atoms with van der Waals surface area (Å²) in [4.78, 5) is 40.9. The first-order chi connectivity index (χ1) is 14.2. The Hall–Kier alpha value is -2.64. The molecule has 0 radical (unpaired) electrons. The van der Waals surface area contributed by atoms with Crippen molar-refractivity contribution in [3.05, 3.63) is 29.6 Å². The normalized spacial score (nSPS) is 27.7. The average molecular weight is 417 g/mol. The molecular formula is C22H28FN3O4. The Labute approximate surface area is 175 Å². The third kappa shape index (κ3) is 3.52. The number of amides is 3. The third-order valence-electron chi connectivity index (χ3n) is 6.60. The summed E-state index contributed by atoms with van der Waals surface area (Å²) < 4.78 is 20.0. The molecule has 2 aliphatic heterocycles. The summed E-state index contributed by atoms with van der Waals surface area (Å²) in [7, 11) is 0. The lowest BCUT2D eigenvalue weighted by molar-refractivity contribution is -0.143. The van der Waals surface area contributed by atoms with Crippen molar-refractivity contribution in [2.45, 2.75) is 51.7 Å². The Balaban J connectivity index is 1.42. The molecule has 2 N–H and O–H groups in total. The molecule has 2 unspecified atom stereocenters. The van der Waals surface area contributed by atoms with Gasteiger partial charge < -0.3 is 20.3 Å². The molecule has 3 aliphatic rings. The van der Waals surface area contributed by atoms with E-state index in [1.54, 1.807) is 15.9 Å². The maximum atomic E-state index is 14.5. The molecule has 30 heavy (non-hydrogen) atoms. The average Bonchev–Trinajstić information content (AvgIpc) is 3.22. The van der Waals surface area contributed by atoms with E-state index in [1.807, 2.05) is 13.8 Å². The first-order valence-corrected chi connectivity index (χ1v) is 10.6. The van der Waals surface area contributed by atoms with Gasteiger partial charge in [0.05, 0.1) is 17.1 Å². The van der Waals surface area contributed by atoms with Crippen LogP contribution in [0.3, 0.4) is 0 Å². The maximum absolute atomic E-state index is 14.5. The van der Waals surface area contributed by atoms with Crippen LogP contribution in [0.15, 0.2) is 18.2 Å². The number of nitrogens with two attached hydrogens (primary N) is 1. The van der Waals surface area contributed by atoms with Crippen LogP contribution in [-0.2, 0) is 9.59 Å². The Morgan fingerprint density at radius 1 is 1.27 bits per heavy atom. The molecule has 4 rings (SSSR count). The number of hydrogen-bond donors (Lipinski definition) is 1. The molecule has 0 bridgehead atoms. The summed E-state index contributed by atoms with van der Waals surface area (Å²) in [5.41, 5.74) is 4.97. The molecule has 0 aromatic heterocycles. The Kier molecular flexibility index (Phi) is 5.20. The first kappa shape index (κ1) is 20.6. The molecule has 3 fully saturated rings. The highest BCUT2D eigenvalue weighted by molar-refractivity contribution is 5.96. The smallest absolute Gasteiger partial charge is 0.256 e. The largest absolute Gasteiger partial charge is 0.491 e. The molecule has 2 heterocycles. The number of carbonyl (C=O) groups is 3. The van der Waals surface area contributed by atoms with Gasteiger partial charge in [-0.05, 0) is 57.6 Å². The molecule has 0 spiro atoms. The molecule has 1 aromatic rings. The van der Waals surface area contributed by atoms with Crippen LogP contribution in [0.2, 0.25) is 0 Å². The number of ether oxygens (including phenoxy) is 1. The highest BCUT2D eigenvalue weighted by Crippen LogP contribution is 2.59. The van der Waals surface area contributed by atoms with Crippen molar-refractivity contribution >= 4 is 17.7 Å². The third-order valence-corrected chi connectivity index (χ3v) is 6.60. The van der Waals surface area contributed by atoms with Gasteiger partial charge in [-0.15, -0.1) is 0 Å². The summed E-state index contributed by atoms with van der Waals surface area (Å²) in [6.45, 7) is 5.06. The number of fused-ring (bicyclic) bond motifs is 1. The molecule has 3 atom stereocenters. The van der Waals surface area contributed by atoms with Gasteiger partial charge in [-0.1, -0.05) is 0 Å². The fraction of sp³-hybridized carbons (Fsp3) is 0.591. The zero-order chi connectivity index (χ0) is 21.6. The van der Waals surface area contributed by atoms with E-state index >= 15 is 0 Å². The SMILES string of the molecule is CC(C)Oc1ccc(C(=O)N2CCC3(C(=O)N4CCC[C@H]4C(N)=O)CC3C2)c(F)c1. The topological polar surface area (TPSA) is 92.9 Å². The van der Waals surface area contributed by atoms with Gasteiger partial charge in [-0.3, -0.25) is 14.4 Å². The Morgan fingerprint density at radius 3 is 2.67 bits per heavy atom. The summed E-state index contributed by atoms with van der Waals surface area (Å²) in [6, 6.07) is 3.77. The minimum absolute atomic E-state index is 0.0118. The maximum Gasteiger partial charge on any atom is 0.256 e. The predicted octanol–water partition coefficient (Wildman–Crippen LogP) is 1.94. The second-order valence-corrected chi connectivity index (χ2v) is 8.93. The number of rotatable bonds is 5. The van der Waals surface area contributed by atoms with E-state index in [2.05, 4.69) is 0 Å². The van der Waals surface area contributed by atoms with Gasteiger partial charge in [0.1, 0.15) is 17.6 Å². The van der Waals surface area contributed by atoms with Crippen LogP contribution in [0.4, 0.5) is 4.39 Å². The zero-order valence-corrected chi connectivity index (χ0v) is 17.4. The molecule has 1 aromatic carbocycles. The minimum atomic E-state index is -0.608. The van der Waals surface area contributed by atoms with E-state index in [4.69, 9.17) is 10.5 Å². The van der Waals surface area contributed by atoms with Gasteiger partial charge in [-0.25, -0.2) is 4.39 Å². The molecule has 7 nitrogen and oxygen atoms in total. The van der Waals surface area contributed by atoms with Gasteiger partial charge in [-0.2, -0.15) is 0 Å². The summed E-state index contributed by atoms with van der Waals surface area (Å²) in [6.07, 6.45) is 2.53. The Morgan fingerprint density at radius 2 is 2.03 bits per heavy atom. The lowest BCUT2D eigenvalue weighted by Crippen LogP contribution is -2.50. The van der Waals surface area contributed by atoms with Crippen LogP contribution in [0, 0.1) is 17.2 Å². The van der Waals surface area contributed by atoms with E-state index in [-0.39, 0.29) is 29.4 Å². The highest BCUT2D eigenvalue weighted by Gasteiger charge is 2.64. The number of carbonyl (C=O) groups excluding carboxylic acids is 3. The lowest BCUT2D eigenvalue weighted by atomic mass is 9.92. The molecular weight excluding hydrogens is 389 g/mol. The molecule has 1 saturated carbocycles. The fourth-order valence-corrected chi connectivity index (χ4v) is 4.95. The van der Waals surface area contributed by atoms with Crippen LogP contribution in [0.5, 0.6) is 5.75 Å². The summed E-state index contributed by atoms with van der Waals surface area (Å²) >= 11 is 0. The van der Waals surface area contributed by atoms with Gasteiger partial charge in [0.2, 0.25) is 11.8 Å². The second-order valence-electron chi connectivity index (χ2n) is 8.93. The van der Waals surface area contributed by atoms with Crippen molar-refractivity contribution in [2.24, 2.45) is 17.1 Å². The number of halogens is 1. The van der Waals surface area contributed by atoms with Crippen molar-refractivity contribution in [1.29, 1.82) is 0 Å². The van der Waals surface area contributed by atoms with Crippen LogP contribution in [0.25, 0.3) is 0 Å². The van der Waals surface area contributed by atoms with E-state index in [9.17, 15) is 18.8 Å². The predicted molar refractivity (Wildman–Crippen MR) is 107 cm³/mol. The summed E-state index contributed by atoms with van der Waals surface area (Å²) in [5, 5.41) is 0. The minimum Gasteiger partial charge on any atom is -0.491 e. The van der Waals surface area contributed by atoms with Crippen molar-refractivity contribution in [3.8, 4) is 5.75 Å². The quantitative estimate of drug-likeness (QED) is 0.792. The van der Waals surface area contributed by atoms with Crippen molar-refractivity contribution in [2.75, 3.05) is 19.6 Å². The van der Waals surface area contributed by atoms with Crippen LogP contribution < -0.4 is 10.5 Å². The Bertz CT molecular complexity index is 889. The number of nitrogens with zero attached hydrogens (tertiary/aromatic N) is 2. The number of likely N-dealkylation sites (tertiary alicyclic amines) is 2. The van der Waals surface area contributed by atoms with Crippen molar-refractivity contribution in [1.82, 2.24) is 9.80 Å². The zero-order valence-electron chi connectivity index (χ0n) is 17.4. The van der Waals surface area contributed by atoms with E-state index in [1.165, 1.54) is 12.1 Å². The lowest BCUT2D eigenvalue weighted by Gasteiger charge is -2.34. The highest BCUT2D eigenvalue weighted by atomic mass is 19.1.